The van der Waals surface area contributed by atoms with E-state index >= 15 is 0 Å². The summed E-state index contributed by atoms with van der Waals surface area (Å²) in [6, 6.07) is 0. The second kappa shape index (κ2) is 4.72. The molecule has 0 aromatic carbocycles. The fourth-order valence-electron chi connectivity index (χ4n) is 1.79. The smallest absolute Gasteiger partial charge is 0.0400 e. The van der Waals surface area contributed by atoms with Gasteiger partial charge in [0.05, 0.1) is 0 Å². The van der Waals surface area contributed by atoms with Gasteiger partial charge in [0.15, 0.2) is 0 Å². The lowest BCUT2D eigenvalue weighted by Crippen LogP contribution is -1.97. The van der Waals surface area contributed by atoms with Gasteiger partial charge in [0.1, 0.15) is 0 Å². The van der Waals surface area contributed by atoms with Crippen molar-refractivity contribution in [3.05, 3.63) is 0 Å². The van der Waals surface area contributed by atoms with Gasteiger partial charge >= 0.3 is 0 Å². The third-order valence-corrected chi connectivity index (χ3v) is 7.59. The van der Waals surface area contributed by atoms with Crippen molar-refractivity contribution in [1.29, 1.82) is 0 Å². The Morgan fingerprint density at radius 2 is 1.82 bits per heavy atom. The maximum atomic E-state index is 5.69. The molecule has 0 amide bonds. The maximum Gasteiger partial charge on any atom is 0.0400 e. The summed E-state index contributed by atoms with van der Waals surface area (Å²) in [6.07, 6.45) is 11.3. The molecular weight excluding hydrogens is 171 g/mol. The Hall–Kier alpha value is 0.780. The highest BCUT2D eigenvalue weighted by Crippen LogP contribution is 2.62. The number of hydrogen-bond donors (Lipinski definition) is 0. The van der Waals surface area contributed by atoms with Gasteiger partial charge in [0.2, 0.25) is 0 Å². The average molecular weight is 190 g/mol. The van der Waals surface area contributed by atoms with Crippen LogP contribution in [0.4, 0.5) is 0 Å². The molecule has 0 aromatic rings. The van der Waals surface area contributed by atoms with Gasteiger partial charge in [-0.1, -0.05) is 19.8 Å². The predicted molar refractivity (Wildman–Crippen MR) is 57.6 cm³/mol. The quantitative estimate of drug-likeness (QED) is 0.372. The van der Waals surface area contributed by atoms with Gasteiger partial charge in [0, 0.05) is 18.5 Å². The lowest BCUT2D eigenvalue weighted by atomic mass is 10.3. The van der Waals surface area contributed by atoms with Gasteiger partial charge in [-0.25, -0.2) is 0 Å². The minimum absolute atomic E-state index is 0.766. The molecule has 1 rings (SSSR count). The molecule has 0 radical (unpaired) electrons. The van der Waals surface area contributed by atoms with Crippen LogP contribution < -0.4 is 0 Å². The largest absolute Gasteiger partial charge is 0.556 e. The van der Waals surface area contributed by atoms with Crippen LogP contribution in [0.25, 0.3) is 0 Å². The monoisotopic (exact) mass is 190 g/mol. The highest BCUT2D eigenvalue weighted by atomic mass is 32.7. The van der Waals surface area contributed by atoms with Gasteiger partial charge < -0.3 is 12.2 Å². The van der Waals surface area contributed by atoms with Crippen molar-refractivity contribution in [2.45, 2.75) is 39.0 Å². The van der Waals surface area contributed by atoms with Crippen molar-refractivity contribution in [1.82, 2.24) is 0 Å². The number of unbranched alkanes of at least 4 members (excludes halogenated alkanes) is 2. The minimum atomic E-state index is -0.766. The van der Waals surface area contributed by atoms with Gasteiger partial charge in [-0.15, -0.1) is 6.46 Å². The van der Waals surface area contributed by atoms with E-state index in [0.717, 1.165) is 0 Å². The lowest BCUT2D eigenvalue weighted by molar-refractivity contribution is 0.775. The van der Waals surface area contributed by atoms with Crippen LogP contribution in [0, 0.1) is 0 Å². The summed E-state index contributed by atoms with van der Waals surface area (Å²) in [5.74, 6) is 0. The lowest BCUT2D eigenvalue weighted by Gasteiger charge is -2.27. The van der Waals surface area contributed by atoms with E-state index in [2.05, 4.69) is 6.92 Å². The number of hydrogen-bond acceptors (Lipinski definition) is 1. The molecule has 1 fully saturated rings. The first-order chi connectivity index (χ1) is 5.27. The maximum absolute atomic E-state index is 5.69. The summed E-state index contributed by atoms with van der Waals surface area (Å²) in [4.78, 5) is 0. The molecule has 1 aliphatic heterocycles. The van der Waals surface area contributed by atoms with Gasteiger partial charge in [-0.3, -0.25) is 0 Å². The van der Waals surface area contributed by atoms with Gasteiger partial charge in [-0.05, 0) is 19.3 Å². The average Bonchev–Trinajstić information content (AvgIpc) is 2.38. The Labute approximate surface area is 76.6 Å². The van der Waals surface area contributed by atoms with Crippen LogP contribution in [0.1, 0.15) is 39.0 Å². The van der Waals surface area contributed by atoms with Crippen LogP contribution in [0.5, 0.6) is 0 Å². The Morgan fingerprint density at radius 1 is 1.18 bits per heavy atom. The van der Waals surface area contributed by atoms with E-state index in [-0.39, 0.29) is 0 Å². The van der Waals surface area contributed by atoms with E-state index in [9.17, 15) is 0 Å². The Bertz CT molecular complexity index is 108. The summed E-state index contributed by atoms with van der Waals surface area (Å²) in [7, 11) is 0. The van der Waals surface area contributed by atoms with Gasteiger partial charge in [-0.2, -0.15) is 0 Å². The van der Waals surface area contributed by atoms with Crippen molar-refractivity contribution >= 4 is 18.7 Å². The highest BCUT2D eigenvalue weighted by molar-refractivity contribution is 8.42. The first kappa shape index (κ1) is 9.86. The van der Waals surface area contributed by atoms with Crippen LogP contribution in [0.3, 0.4) is 0 Å². The molecule has 0 saturated carbocycles. The van der Waals surface area contributed by atoms with Crippen molar-refractivity contribution in [2.75, 3.05) is 18.5 Å². The summed E-state index contributed by atoms with van der Waals surface area (Å²) in [5.41, 5.74) is 0. The van der Waals surface area contributed by atoms with E-state index in [1.807, 2.05) is 0 Å². The molecule has 0 aromatic heterocycles. The first-order valence-corrected chi connectivity index (χ1v) is 8.20. The fraction of sp³-hybridized carbons (Fsp3) is 1.00. The fourth-order valence-corrected chi connectivity index (χ4v) is 6.02. The minimum Gasteiger partial charge on any atom is -0.556 e. The molecule has 0 spiro atoms. The molecule has 1 heterocycles. The number of rotatable bonds is 4. The molecule has 0 N–H and O–H groups in total. The normalized spacial score (nSPS) is 22.4. The molecule has 1 saturated heterocycles. The van der Waals surface area contributed by atoms with E-state index in [4.69, 9.17) is 12.2 Å². The third kappa shape index (κ3) is 3.34. The van der Waals surface area contributed by atoms with E-state index in [1.54, 1.807) is 0 Å². The SMILES string of the molecule is CCCCC[P+]1([S-])CCCC1. The van der Waals surface area contributed by atoms with Crippen LogP contribution in [-0.2, 0) is 12.2 Å². The van der Waals surface area contributed by atoms with Crippen LogP contribution >= 0.6 is 6.46 Å². The zero-order chi connectivity index (χ0) is 8.16. The molecule has 0 bridgehead atoms. The summed E-state index contributed by atoms with van der Waals surface area (Å²) in [5, 5.41) is 0. The summed E-state index contributed by atoms with van der Waals surface area (Å²) < 4.78 is 0. The van der Waals surface area contributed by atoms with E-state index < -0.39 is 6.46 Å². The summed E-state index contributed by atoms with van der Waals surface area (Å²) in [6.45, 7) is 1.50. The zero-order valence-corrected chi connectivity index (χ0v) is 9.22. The van der Waals surface area contributed by atoms with Crippen molar-refractivity contribution in [3.63, 3.8) is 0 Å². The first-order valence-electron chi connectivity index (χ1n) is 4.84. The van der Waals surface area contributed by atoms with Crippen molar-refractivity contribution in [3.8, 4) is 0 Å². The highest BCUT2D eigenvalue weighted by Gasteiger charge is 2.26. The third-order valence-electron chi connectivity index (χ3n) is 2.55. The molecule has 2 heteroatoms. The summed E-state index contributed by atoms with van der Waals surface area (Å²) >= 11 is 5.69. The van der Waals surface area contributed by atoms with Gasteiger partial charge in [0.25, 0.3) is 0 Å². The molecular formula is C9H19PS. The topological polar surface area (TPSA) is 0 Å². The van der Waals surface area contributed by atoms with Crippen LogP contribution in [-0.4, -0.2) is 18.5 Å². The zero-order valence-electron chi connectivity index (χ0n) is 7.51. The van der Waals surface area contributed by atoms with Crippen LogP contribution in [0.15, 0.2) is 0 Å². The van der Waals surface area contributed by atoms with Crippen molar-refractivity contribution < 1.29 is 0 Å². The molecule has 11 heavy (non-hydrogen) atoms. The molecule has 66 valence electrons. The second-order valence-corrected chi connectivity index (χ2v) is 9.42. The molecule has 0 unspecified atom stereocenters. The second-order valence-electron chi connectivity index (χ2n) is 3.64. The molecule has 0 nitrogen and oxygen atoms in total. The van der Waals surface area contributed by atoms with Crippen LogP contribution in [0.2, 0.25) is 0 Å². The van der Waals surface area contributed by atoms with E-state index in [0.29, 0.717) is 0 Å². The Balaban J connectivity index is 2.13. The predicted octanol–water partition coefficient (Wildman–Crippen LogP) is 3.45. The van der Waals surface area contributed by atoms with E-state index in [1.165, 1.54) is 50.6 Å². The standard InChI is InChI=1S/C9H19PS/c1-2-3-4-7-10(11)8-5-6-9-10/h2-9H2,1H3. The Morgan fingerprint density at radius 3 is 2.36 bits per heavy atom. The molecule has 1 aliphatic rings. The molecule has 0 atom stereocenters. The Kier molecular flexibility index (Phi) is 4.23. The van der Waals surface area contributed by atoms with Crippen molar-refractivity contribution in [2.24, 2.45) is 0 Å². The molecule has 0 aliphatic carbocycles.